The highest BCUT2D eigenvalue weighted by molar-refractivity contribution is 7.88. The first-order chi connectivity index (χ1) is 4.49. The van der Waals surface area contributed by atoms with Crippen LogP contribution in [0.25, 0.3) is 0 Å². The Labute approximate surface area is 68.7 Å². The van der Waals surface area contributed by atoms with Crippen molar-refractivity contribution in [2.75, 3.05) is 12.9 Å². The van der Waals surface area contributed by atoms with Gasteiger partial charge in [-0.2, -0.15) is 0 Å². The highest BCUT2D eigenvalue weighted by Gasteiger charge is 2.09. The predicted octanol–water partition coefficient (Wildman–Crippen LogP) is -0.0574. The normalized spacial score (nSPS) is 13.7. The van der Waals surface area contributed by atoms with Gasteiger partial charge < -0.3 is 5.11 Å². The highest BCUT2D eigenvalue weighted by atomic mass is 32.2. The van der Waals surface area contributed by atoms with Crippen LogP contribution in [-0.2, 0) is 10.0 Å². The number of aliphatic hydroxyl groups excluding tert-OH is 1. The van der Waals surface area contributed by atoms with Crippen LogP contribution < -0.4 is 4.72 Å². The van der Waals surface area contributed by atoms with E-state index in [1.165, 1.54) is 0 Å². The van der Waals surface area contributed by atoms with E-state index in [1.54, 1.807) is 6.92 Å². The van der Waals surface area contributed by atoms with Gasteiger partial charge in [-0.25, -0.2) is 13.1 Å². The lowest BCUT2D eigenvalue weighted by Gasteiger charge is -2.10. The molecule has 0 rings (SSSR count). The Morgan fingerprint density at radius 3 is 2.09 bits per heavy atom. The molecule has 0 fully saturated rings. The maximum atomic E-state index is 10.5. The van der Waals surface area contributed by atoms with E-state index in [0.717, 1.165) is 6.26 Å². The Bertz CT molecular complexity index is 172. The SMILES string of the molecule is C.CCC(CO)NS(C)(=O)=O. The van der Waals surface area contributed by atoms with Gasteiger partial charge in [0.2, 0.25) is 10.0 Å². The Morgan fingerprint density at radius 1 is 1.55 bits per heavy atom. The molecule has 0 aromatic heterocycles. The average Bonchev–Trinajstić information content (AvgIpc) is 1.81. The molecule has 5 heteroatoms. The smallest absolute Gasteiger partial charge is 0.209 e. The van der Waals surface area contributed by atoms with E-state index in [-0.39, 0.29) is 20.1 Å². The second-order valence-electron chi connectivity index (χ2n) is 2.18. The van der Waals surface area contributed by atoms with Crippen LogP contribution in [0.15, 0.2) is 0 Å². The summed E-state index contributed by atoms with van der Waals surface area (Å²) in [6.45, 7) is 1.66. The van der Waals surface area contributed by atoms with Gasteiger partial charge in [-0.15, -0.1) is 0 Å². The van der Waals surface area contributed by atoms with Crippen LogP contribution >= 0.6 is 0 Å². The summed E-state index contributed by atoms with van der Waals surface area (Å²) in [5.41, 5.74) is 0. The number of hydrogen-bond donors (Lipinski definition) is 2. The van der Waals surface area contributed by atoms with E-state index < -0.39 is 10.0 Å². The Balaban J connectivity index is 0. The molecule has 0 amide bonds. The third-order valence-electron chi connectivity index (χ3n) is 1.09. The molecule has 1 unspecified atom stereocenters. The second kappa shape index (κ2) is 5.51. The summed E-state index contributed by atoms with van der Waals surface area (Å²) in [6.07, 6.45) is 1.68. The molecule has 0 heterocycles. The van der Waals surface area contributed by atoms with Crippen LogP contribution in [0, 0.1) is 0 Å². The lowest BCUT2D eigenvalue weighted by atomic mass is 10.3. The lowest BCUT2D eigenvalue weighted by molar-refractivity contribution is 0.254. The summed E-state index contributed by atoms with van der Waals surface area (Å²) in [4.78, 5) is 0. The molecule has 0 saturated heterocycles. The molecule has 0 aliphatic carbocycles. The fraction of sp³-hybridized carbons (Fsp3) is 1.00. The van der Waals surface area contributed by atoms with Crippen molar-refractivity contribution in [3.05, 3.63) is 0 Å². The zero-order valence-electron chi connectivity index (χ0n) is 6.16. The van der Waals surface area contributed by atoms with Gasteiger partial charge in [0.05, 0.1) is 12.9 Å². The molecule has 11 heavy (non-hydrogen) atoms. The number of hydrogen-bond acceptors (Lipinski definition) is 3. The van der Waals surface area contributed by atoms with Gasteiger partial charge in [0.25, 0.3) is 0 Å². The third kappa shape index (κ3) is 7.77. The van der Waals surface area contributed by atoms with Crippen LogP contribution in [0.1, 0.15) is 20.8 Å². The average molecular weight is 183 g/mol. The summed E-state index contributed by atoms with van der Waals surface area (Å²) in [7, 11) is -3.16. The number of rotatable bonds is 4. The van der Waals surface area contributed by atoms with Gasteiger partial charge in [0, 0.05) is 6.04 Å². The first-order valence-electron chi connectivity index (χ1n) is 3.07. The molecule has 0 aromatic carbocycles. The fourth-order valence-electron chi connectivity index (χ4n) is 0.552. The topological polar surface area (TPSA) is 66.4 Å². The third-order valence-corrected chi connectivity index (χ3v) is 1.86. The maximum Gasteiger partial charge on any atom is 0.209 e. The van der Waals surface area contributed by atoms with Crippen molar-refractivity contribution < 1.29 is 13.5 Å². The zero-order valence-corrected chi connectivity index (χ0v) is 6.98. The first kappa shape index (κ1) is 13.5. The number of aliphatic hydroxyl groups is 1. The summed E-state index contributed by atoms with van der Waals surface area (Å²) < 4.78 is 23.4. The molecule has 0 radical (unpaired) electrons. The van der Waals surface area contributed by atoms with Gasteiger partial charge in [0.1, 0.15) is 0 Å². The van der Waals surface area contributed by atoms with Crippen molar-refractivity contribution in [2.45, 2.75) is 26.8 Å². The summed E-state index contributed by atoms with van der Waals surface area (Å²) in [6, 6.07) is -0.338. The van der Waals surface area contributed by atoms with Crippen LogP contribution in [0.5, 0.6) is 0 Å². The van der Waals surface area contributed by atoms with Crippen LogP contribution in [0.3, 0.4) is 0 Å². The van der Waals surface area contributed by atoms with Gasteiger partial charge in [-0.3, -0.25) is 0 Å². The van der Waals surface area contributed by atoms with Gasteiger partial charge in [-0.1, -0.05) is 14.4 Å². The van der Waals surface area contributed by atoms with Gasteiger partial charge in [0.15, 0.2) is 0 Å². The van der Waals surface area contributed by atoms with Crippen molar-refractivity contribution >= 4 is 10.0 Å². The second-order valence-corrected chi connectivity index (χ2v) is 3.96. The molecule has 70 valence electrons. The van der Waals surface area contributed by atoms with E-state index in [1.807, 2.05) is 0 Å². The van der Waals surface area contributed by atoms with Crippen molar-refractivity contribution in [3.63, 3.8) is 0 Å². The predicted molar refractivity (Wildman–Crippen MR) is 45.9 cm³/mol. The van der Waals surface area contributed by atoms with Gasteiger partial charge in [-0.05, 0) is 6.42 Å². The minimum absolute atomic E-state index is 0. The van der Waals surface area contributed by atoms with Crippen LogP contribution in [0.4, 0.5) is 0 Å². The van der Waals surface area contributed by atoms with Crippen molar-refractivity contribution in [1.82, 2.24) is 4.72 Å². The van der Waals surface area contributed by atoms with E-state index in [4.69, 9.17) is 5.11 Å². The van der Waals surface area contributed by atoms with E-state index >= 15 is 0 Å². The zero-order chi connectivity index (χ0) is 8.20. The Hall–Kier alpha value is -0.130. The lowest BCUT2D eigenvalue weighted by Crippen LogP contribution is -2.35. The molecule has 4 nitrogen and oxygen atoms in total. The van der Waals surface area contributed by atoms with Crippen molar-refractivity contribution in [1.29, 1.82) is 0 Å². The minimum Gasteiger partial charge on any atom is -0.395 e. The van der Waals surface area contributed by atoms with E-state index in [2.05, 4.69) is 4.72 Å². The van der Waals surface area contributed by atoms with Crippen LogP contribution in [-0.4, -0.2) is 32.4 Å². The number of sulfonamides is 1. The molecule has 1 atom stereocenters. The molecule has 2 N–H and O–H groups in total. The Kier molecular flexibility index (Phi) is 6.74. The first-order valence-corrected chi connectivity index (χ1v) is 4.97. The maximum absolute atomic E-state index is 10.5. The van der Waals surface area contributed by atoms with Gasteiger partial charge >= 0.3 is 0 Å². The standard InChI is InChI=1S/C5H13NO3S.CH4/c1-3-5(4-7)6-10(2,8)9;/h5-7H,3-4H2,1-2H3;1H4. The van der Waals surface area contributed by atoms with Crippen molar-refractivity contribution in [3.8, 4) is 0 Å². The fourth-order valence-corrected chi connectivity index (χ4v) is 1.40. The quantitative estimate of drug-likeness (QED) is 0.642. The van der Waals surface area contributed by atoms with Crippen LogP contribution in [0.2, 0.25) is 0 Å². The minimum atomic E-state index is -3.16. The van der Waals surface area contributed by atoms with E-state index in [0.29, 0.717) is 6.42 Å². The molecule has 0 bridgehead atoms. The largest absolute Gasteiger partial charge is 0.395 e. The summed E-state index contributed by atoms with van der Waals surface area (Å²) in [5.74, 6) is 0. The summed E-state index contributed by atoms with van der Waals surface area (Å²) >= 11 is 0. The molecule has 0 aliphatic heterocycles. The monoisotopic (exact) mass is 183 g/mol. The Morgan fingerprint density at radius 2 is 2.00 bits per heavy atom. The van der Waals surface area contributed by atoms with E-state index in [9.17, 15) is 8.42 Å². The molecular formula is C6H17NO3S. The molecule has 0 aliphatic rings. The molecule has 0 spiro atoms. The molecule has 0 saturated carbocycles. The van der Waals surface area contributed by atoms with Crippen molar-refractivity contribution in [2.24, 2.45) is 0 Å². The summed E-state index contributed by atoms with van der Waals surface area (Å²) in [5, 5.41) is 8.56. The highest BCUT2D eigenvalue weighted by Crippen LogP contribution is 1.90. The molecule has 0 aromatic rings. The molecular weight excluding hydrogens is 166 g/mol. The number of nitrogens with one attached hydrogen (secondary N) is 1.